The van der Waals surface area contributed by atoms with E-state index < -0.39 is 0 Å². The van der Waals surface area contributed by atoms with E-state index in [1.165, 1.54) is 0 Å². The molecule has 0 aliphatic carbocycles. The second kappa shape index (κ2) is 16.8. The summed E-state index contributed by atoms with van der Waals surface area (Å²) in [6, 6.07) is 49.8. The number of benzene rings is 7. The van der Waals surface area contributed by atoms with Crippen molar-refractivity contribution < 1.29 is 40.8 Å². The molecule has 0 saturated heterocycles. The van der Waals surface area contributed by atoms with Gasteiger partial charge in [0.15, 0.2) is 5.75 Å². The molecule has 0 spiro atoms. The fraction of sp³-hybridized carbons (Fsp3) is 0.120. The van der Waals surface area contributed by atoms with Crippen LogP contribution in [0.2, 0.25) is 0 Å². The molecule has 0 amide bonds. The normalized spacial score (nSPS) is 11.1. The van der Waals surface area contributed by atoms with Gasteiger partial charge in [-0.05, 0) is 86.0 Å². The zero-order valence-electron chi connectivity index (χ0n) is 33.1. The molecule has 0 radical (unpaired) electrons. The maximum Gasteiger partial charge on any atom is 0.163 e. The maximum atomic E-state index is 12.5. The Labute approximate surface area is 354 Å². The second-order valence-electron chi connectivity index (χ2n) is 14.1. The van der Waals surface area contributed by atoms with Crippen LogP contribution in [-0.4, -0.2) is 39.6 Å². The zero-order chi connectivity index (χ0) is 36.9. The first-order valence-corrected chi connectivity index (χ1v) is 18.4. The molecule has 0 saturated carbocycles. The number of phenols is 2. The van der Waals surface area contributed by atoms with Gasteiger partial charge in [-0.25, -0.2) is 0 Å². The van der Waals surface area contributed by atoms with Crippen molar-refractivity contribution in [3.63, 3.8) is 0 Å². The summed E-state index contributed by atoms with van der Waals surface area (Å²) in [4.78, 5) is 2.18. The molecule has 286 valence electrons. The van der Waals surface area contributed by atoms with Crippen LogP contribution in [0.25, 0.3) is 66.1 Å². The molecule has 57 heavy (non-hydrogen) atoms. The quantitative estimate of drug-likeness (QED) is 0.0860. The Morgan fingerprint density at radius 1 is 0.509 bits per heavy atom. The number of nitrogens with zero attached hydrogens (tertiary/aromatic N) is 3. The van der Waals surface area contributed by atoms with Crippen molar-refractivity contribution in [2.75, 3.05) is 25.2 Å². The largest absolute Gasteiger partial charge is 0.505 e. The predicted molar refractivity (Wildman–Crippen MR) is 236 cm³/mol. The Bertz CT molecular complexity index is 2770. The van der Waals surface area contributed by atoms with E-state index in [4.69, 9.17) is 4.74 Å². The molecule has 7 aromatic carbocycles. The van der Waals surface area contributed by atoms with Crippen LogP contribution in [0.1, 0.15) is 17.5 Å². The van der Waals surface area contributed by atoms with Gasteiger partial charge < -0.3 is 43.8 Å². The first-order valence-electron chi connectivity index (χ1n) is 18.4. The van der Waals surface area contributed by atoms with Crippen molar-refractivity contribution in [2.24, 2.45) is 0 Å². The van der Waals surface area contributed by atoms with Crippen LogP contribution in [-0.2, 0) is 30.6 Å². The Morgan fingerprint density at radius 3 is 1.42 bits per heavy atom. The van der Waals surface area contributed by atoms with E-state index in [1.54, 1.807) is 7.11 Å². The van der Waals surface area contributed by atoms with Crippen LogP contribution in [0, 0.1) is 28.7 Å². The van der Waals surface area contributed by atoms with Gasteiger partial charge in [0.2, 0.25) is 0 Å². The fourth-order valence-electron chi connectivity index (χ4n) is 8.29. The summed E-state index contributed by atoms with van der Waals surface area (Å²) in [5.74, 6) is 0.370. The third-order valence-corrected chi connectivity index (χ3v) is 10.6. The molecule has 2 N–H and O–H groups in total. The van der Waals surface area contributed by atoms with E-state index in [1.807, 2.05) is 36.4 Å². The van der Waals surface area contributed by atoms with E-state index >= 15 is 0 Å². The number of aryl methyl sites for hydroxylation is 2. The Hall–Kier alpha value is -5.63. The van der Waals surface area contributed by atoms with Gasteiger partial charge in [-0.2, -0.15) is 0 Å². The van der Waals surface area contributed by atoms with Gasteiger partial charge in [-0.1, -0.05) is 91.0 Å². The van der Waals surface area contributed by atoms with Crippen molar-refractivity contribution in [3.05, 3.63) is 172 Å². The van der Waals surface area contributed by atoms with E-state index in [0.717, 1.165) is 78.1 Å². The standard InChI is InChI=1S/C48H41N3O3.2CH3.Hf/c1-31-27-38(47(52)45(29-31)50-40-21-10-5-15-33(40)34-16-6-11-22-41(34)50)37-19-4-9-20-39(37)49(25-14-26-54-3)44-28-32(2)30-46(48(44)53)51-42-23-12-7-17-35(42)36-18-8-13-24-43(36)51;;;/h4-13,15-24,27-30,52-53H,14,25-26H2,1-3H3;2*1H3;/q;2*-1;. The van der Waals surface area contributed by atoms with Crippen LogP contribution >= 0.6 is 0 Å². The van der Waals surface area contributed by atoms with Gasteiger partial charge in [-0.3, -0.25) is 0 Å². The van der Waals surface area contributed by atoms with Gasteiger partial charge in [0, 0.05) is 84.5 Å². The summed E-state index contributed by atoms with van der Waals surface area (Å²) in [6.45, 7) is 5.27. The number of fused-ring (bicyclic) bond motifs is 6. The van der Waals surface area contributed by atoms with Crippen molar-refractivity contribution >= 4 is 55.0 Å². The first-order chi connectivity index (χ1) is 26.4. The molecule has 0 atom stereocenters. The monoisotopic (exact) mass is 917 g/mol. The average Bonchev–Trinajstić information content (AvgIpc) is 3.71. The summed E-state index contributed by atoms with van der Waals surface area (Å²) in [7, 11) is 1.71. The average molecular weight is 916 g/mol. The zero-order valence-corrected chi connectivity index (χ0v) is 36.7. The molecular weight excluding hydrogens is 869 g/mol. The van der Waals surface area contributed by atoms with Gasteiger partial charge in [0.1, 0.15) is 5.75 Å². The maximum absolute atomic E-state index is 12.5. The number of rotatable bonds is 9. The molecule has 2 aromatic heterocycles. The number of aromatic hydroxyl groups is 2. The van der Waals surface area contributed by atoms with E-state index in [2.05, 4.69) is 137 Å². The summed E-state index contributed by atoms with van der Waals surface area (Å²) >= 11 is 0. The number of hydrogen-bond donors (Lipinski definition) is 2. The molecule has 0 aliphatic rings. The van der Waals surface area contributed by atoms with Crippen molar-refractivity contribution in [1.82, 2.24) is 9.13 Å². The molecule has 9 aromatic rings. The minimum Gasteiger partial charge on any atom is -0.505 e. The van der Waals surface area contributed by atoms with Gasteiger partial charge >= 0.3 is 0 Å². The molecule has 9 rings (SSSR count). The number of methoxy groups -OCH3 is 1. The van der Waals surface area contributed by atoms with Crippen molar-refractivity contribution in [1.29, 1.82) is 0 Å². The molecule has 0 fully saturated rings. The summed E-state index contributed by atoms with van der Waals surface area (Å²) in [5, 5.41) is 29.4. The fourth-order valence-corrected chi connectivity index (χ4v) is 8.29. The molecule has 0 bridgehead atoms. The van der Waals surface area contributed by atoms with Gasteiger partial charge in [0.05, 0.1) is 39.1 Å². The molecule has 0 unspecified atom stereocenters. The van der Waals surface area contributed by atoms with Crippen molar-refractivity contribution in [2.45, 2.75) is 20.3 Å². The van der Waals surface area contributed by atoms with Gasteiger partial charge in [0.25, 0.3) is 0 Å². The second-order valence-corrected chi connectivity index (χ2v) is 14.1. The SMILES string of the molecule is COCCCN(c1ccccc1-c1cc(C)cc(-n2c3ccccc3c3ccccc32)c1O)c1cc(C)cc(-n2c3ccccc3c3ccccc32)c1O.[CH3-].[CH3-].[Hf]. The number of phenolic OH excluding ortho intramolecular Hbond substituents is 2. The number of aromatic nitrogens is 2. The minimum atomic E-state index is 0. The first kappa shape index (κ1) is 41.0. The predicted octanol–water partition coefficient (Wildman–Crippen LogP) is 12.6. The van der Waals surface area contributed by atoms with E-state index in [9.17, 15) is 10.2 Å². The number of para-hydroxylation sites is 5. The van der Waals surface area contributed by atoms with Crippen LogP contribution in [0.4, 0.5) is 11.4 Å². The summed E-state index contributed by atoms with van der Waals surface area (Å²) < 4.78 is 9.87. The third-order valence-electron chi connectivity index (χ3n) is 10.6. The van der Waals surface area contributed by atoms with Gasteiger partial charge in [-0.15, -0.1) is 0 Å². The summed E-state index contributed by atoms with van der Waals surface area (Å²) in [5.41, 5.74) is 10.7. The van der Waals surface area contributed by atoms with Crippen LogP contribution < -0.4 is 4.90 Å². The van der Waals surface area contributed by atoms with E-state index in [-0.39, 0.29) is 52.2 Å². The topological polar surface area (TPSA) is 62.8 Å². The summed E-state index contributed by atoms with van der Waals surface area (Å²) in [6.07, 6.45) is 0.718. The minimum absolute atomic E-state index is 0. The number of ether oxygens (including phenoxy) is 1. The molecular formula is C50H47HfN3O3-2. The Balaban J connectivity index is 0.00000183. The van der Waals surface area contributed by atoms with E-state index in [0.29, 0.717) is 30.1 Å². The van der Waals surface area contributed by atoms with Crippen LogP contribution in [0.5, 0.6) is 11.5 Å². The molecule has 7 heteroatoms. The number of hydrogen-bond acceptors (Lipinski definition) is 4. The Morgan fingerprint density at radius 2 is 0.930 bits per heavy atom. The smallest absolute Gasteiger partial charge is 0.163 e. The Kier molecular flexibility index (Phi) is 12.1. The molecule has 0 aliphatic heterocycles. The number of anilines is 2. The van der Waals surface area contributed by atoms with Crippen LogP contribution in [0.3, 0.4) is 0 Å². The molecule has 6 nitrogen and oxygen atoms in total. The third kappa shape index (κ3) is 6.93. The molecule has 2 heterocycles. The van der Waals surface area contributed by atoms with Crippen molar-refractivity contribution in [3.8, 4) is 34.0 Å². The van der Waals surface area contributed by atoms with Crippen LogP contribution in [0.15, 0.2) is 146 Å².